The number of aromatic nitrogens is 3. The molecule has 0 saturated heterocycles. The molecule has 0 aliphatic rings. The first kappa shape index (κ1) is 21.3. The Hall–Kier alpha value is -1.39. The molecular weight excluding hydrogens is 462 g/mol. The van der Waals surface area contributed by atoms with E-state index in [4.69, 9.17) is 39.5 Å². The summed E-state index contributed by atoms with van der Waals surface area (Å²) >= 11 is 18.7. The average molecular weight is 473 g/mol. The second kappa shape index (κ2) is 8.54. The SMILES string of the molecule is OC(COc1cc(Cl)ccc1Cl)CSc1nnc2c(Cl)cc(C(F)(F)F)cn12. The van der Waals surface area contributed by atoms with Gasteiger partial charge in [0, 0.05) is 23.0 Å². The number of halogens is 6. The smallest absolute Gasteiger partial charge is 0.417 e. The van der Waals surface area contributed by atoms with Crippen LogP contribution < -0.4 is 4.74 Å². The van der Waals surface area contributed by atoms with E-state index in [9.17, 15) is 18.3 Å². The first-order valence-electron chi connectivity index (χ1n) is 7.65. The van der Waals surface area contributed by atoms with Crippen molar-refractivity contribution in [1.82, 2.24) is 14.6 Å². The highest BCUT2D eigenvalue weighted by molar-refractivity contribution is 7.99. The van der Waals surface area contributed by atoms with E-state index in [0.29, 0.717) is 15.8 Å². The van der Waals surface area contributed by atoms with Crippen molar-refractivity contribution >= 4 is 52.2 Å². The lowest BCUT2D eigenvalue weighted by molar-refractivity contribution is -0.137. The molecule has 1 unspecified atom stereocenters. The number of pyridine rings is 1. The van der Waals surface area contributed by atoms with Crippen molar-refractivity contribution in [3.05, 3.63) is 51.1 Å². The van der Waals surface area contributed by atoms with Gasteiger partial charge in [-0.05, 0) is 18.2 Å². The molecule has 1 N–H and O–H groups in total. The van der Waals surface area contributed by atoms with Crippen molar-refractivity contribution in [2.75, 3.05) is 12.4 Å². The molecule has 2 aromatic heterocycles. The van der Waals surface area contributed by atoms with Crippen LogP contribution in [0.3, 0.4) is 0 Å². The van der Waals surface area contributed by atoms with Crippen LogP contribution in [0, 0.1) is 0 Å². The third-order valence-corrected chi connectivity index (χ3v) is 5.40. The maximum absolute atomic E-state index is 13.0. The molecule has 150 valence electrons. The number of benzene rings is 1. The first-order valence-corrected chi connectivity index (χ1v) is 9.77. The maximum Gasteiger partial charge on any atom is 0.417 e. The number of alkyl halides is 3. The summed E-state index contributed by atoms with van der Waals surface area (Å²) in [6.07, 6.45) is -4.65. The van der Waals surface area contributed by atoms with Gasteiger partial charge in [0.05, 0.1) is 21.7 Å². The zero-order valence-electron chi connectivity index (χ0n) is 13.8. The number of fused-ring (bicyclic) bond motifs is 1. The van der Waals surface area contributed by atoms with Gasteiger partial charge in [-0.2, -0.15) is 13.2 Å². The molecule has 2 heterocycles. The van der Waals surface area contributed by atoms with E-state index in [-0.39, 0.29) is 28.2 Å². The zero-order valence-corrected chi connectivity index (χ0v) is 16.8. The summed E-state index contributed by atoms with van der Waals surface area (Å²) in [7, 11) is 0. The van der Waals surface area contributed by atoms with E-state index in [1.807, 2.05) is 0 Å². The number of aliphatic hydroxyl groups excluding tert-OH is 1. The molecule has 0 saturated carbocycles. The summed E-state index contributed by atoms with van der Waals surface area (Å²) < 4.78 is 45.5. The zero-order chi connectivity index (χ0) is 20.5. The number of aliphatic hydroxyl groups is 1. The lowest BCUT2D eigenvalue weighted by Crippen LogP contribution is -2.20. The van der Waals surface area contributed by atoms with Crippen LogP contribution in [0.5, 0.6) is 5.75 Å². The highest BCUT2D eigenvalue weighted by Gasteiger charge is 2.32. The van der Waals surface area contributed by atoms with Gasteiger partial charge in [0.2, 0.25) is 0 Å². The van der Waals surface area contributed by atoms with Crippen LogP contribution in [-0.4, -0.2) is 38.2 Å². The summed E-state index contributed by atoms with van der Waals surface area (Å²) in [6, 6.07) is 5.46. The summed E-state index contributed by atoms with van der Waals surface area (Å²) in [5, 5.41) is 18.5. The lowest BCUT2D eigenvalue weighted by atomic mass is 10.3. The highest BCUT2D eigenvalue weighted by atomic mass is 35.5. The van der Waals surface area contributed by atoms with Crippen molar-refractivity contribution in [3.8, 4) is 5.75 Å². The Morgan fingerprint density at radius 1 is 1.14 bits per heavy atom. The fraction of sp³-hybridized carbons (Fsp3) is 0.250. The quantitative estimate of drug-likeness (QED) is 0.497. The Morgan fingerprint density at radius 3 is 2.61 bits per heavy atom. The molecule has 1 atom stereocenters. The normalized spacial score (nSPS) is 13.1. The van der Waals surface area contributed by atoms with Crippen LogP contribution in [0.2, 0.25) is 15.1 Å². The van der Waals surface area contributed by atoms with E-state index >= 15 is 0 Å². The van der Waals surface area contributed by atoms with E-state index in [0.717, 1.165) is 28.4 Å². The minimum atomic E-state index is -4.56. The number of hydrogen-bond donors (Lipinski definition) is 1. The minimum absolute atomic E-state index is 0.0901. The fourth-order valence-corrected chi connectivity index (χ4v) is 3.57. The minimum Gasteiger partial charge on any atom is -0.489 e. The van der Waals surface area contributed by atoms with Crippen molar-refractivity contribution in [1.29, 1.82) is 0 Å². The monoisotopic (exact) mass is 471 g/mol. The Kier molecular flexibility index (Phi) is 6.51. The molecule has 5 nitrogen and oxygen atoms in total. The predicted octanol–water partition coefficient (Wildman–Crippen LogP) is 5.24. The number of thioether (sulfide) groups is 1. The summed E-state index contributed by atoms with van der Waals surface area (Å²) in [4.78, 5) is 0. The van der Waals surface area contributed by atoms with Gasteiger partial charge >= 0.3 is 6.18 Å². The molecule has 12 heteroatoms. The van der Waals surface area contributed by atoms with Gasteiger partial charge in [0.15, 0.2) is 10.8 Å². The Balaban J connectivity index is 1.67. The summed E-state index contributed by atoms with van der Waals surface area (Å²) in [6.45, 7) is -0.0989. The molecule has 0 aliphatic carbocycles. The Morgan fingerprint density at radius 2 is 1.89 bits per heavy atom. The molecule has 3 aromatic rings. The van der Waals surface area contributed by atoms with Crippen molar-refractivity contribution in [2.24, 2.45) is 0 Å². The van der Waals surface area contributed by atoms with E-state index in [1.54, 1.807) is 12.1 Å². The molecule has 0 fully saturated rings. The van der Waals surface area contributed by atoms with Crippen molar-refractivity contribution in [3.63, 3.8) is 0 Å². The van der Waals surface area contributed by atoms with Gasteiger partial charge in [0.1, 0.15) is 12.4 Å². The second-order valence-corrected chi connectivity index (χ2v) is 7.84. The topological polar surface area (TPSA) is 59.7 Å². The van der Waals surface area contributed by atoms with Crippen molar-refractivity contribution in [2.45, 2.75) is 17.4 Å². The lowest BCUT2D eigenvalue weighted by Gasteiger charge is -2.13. The highest BCUT2D eigenvalue weighted by Crippen LogP contribution is 2.33. The molecule has 0 amide bonds. The van der Waals surface area contributed by atoms with E-state index in [1.165, 1.54) is 6.07 Å². The van der Waals surface area contributed by atoms with Gasteiger partial charge in [-0.3, -0.25) is 4.40 Å². The van der Waals surface area contributed by atoms with Crippen LogP contribution in [0.25, 0.3) is 5.65 Å². The molecule has 0 radical (unpaired) electrons. The summed E-state index contributed by atoms with van der Waals surface area (Å²) in [5.41, 5.74) is -0.834. The fourth-order valence-electron chi connectivity index (χ4n) is 2.18. The molecule has 1 aromatic carbocycles. The van der Waals surface area contributed by atoms with Crippen LogP contribution in [0.15, 0.2) is 35.6 Å². The number of hydrogen-bond acceptors (Lipinski definition) is 5. The Labute approximate surface area is 176 Å². The van der Waals surface area contributed by atoms with E-state index < -0.39 is 17.8 Å². The van der Waals surface area contributed by atoms with E-state index in [2.05, 4.69) is 10.2 Å². The largest absolute Gasteiger partial charge is 0.489 e. The third-order valence-electron chi connectivity index (χ3n) is 3.49. The van der Waals surface area contributed by atoms with Crippen LogP contribution >= 0.6 is 46.6 Å². The predicted molar refractivity (Wildman–Crippen MR) is 102 cm³/mol. The van der Waals surface area contributed by atoms with Gasteiger partial charge in [-0.15, -0.1) is 10.2 Å². The van der Waals surface area contributed by atoms with Crippen LogP contribution in [0.1, 0.15) is 5.56 Å². The number of ether oxygens (including phenoxy) is 1. The standard InChI is InChI=1S/C16H11Cl3F3N3O2S/c17-9-1-2-11(18)13(4-9)27-6-10(26)7-28-15-24-23-14-12(19)3-8(5-25(14)15)16(20,21)22/h1-5,10,26H,6-7H2. The number of nitrogens with zero attached hydrogens (tertiary/aromatic N) is 3. The molecule has 0 aliphatic heterocycles. The molecular formula is C16H11Cl3F3N3O2S. The molecule has 0 bridgehead atoms. The van der Waals surface area contributed by atoms with Crippen molar-refractivity contribution < 1.29 is 23.0 Å². The van der Waals surface area contributed by atoms with Gasteiger partial charge < -0.3 is 9.84 Å². The number of rotatable bonds is 6. The van der Waals surface area contributed by atoms with Gasteiger partial charge in [-0.25, -0.2) is 0 Å². The molecule has 0 spiro atoms. The molecule has 3 rings (SSSR count). The maximum atomic E-state index is 13.0. The van der Waals surface area contributed by atoms with Crippen LogP contribution in [0.4, 0.5) is 13.2 Å². The van der Waals surface area contributed by atoms with Gasteiger partial charge in [-0.1, -0.05) is 46.6 Å². The van der Waals surface area contributed by atoms with Gasteiger partial charge in [0.25, 0.3) is 0 Å². The van der Waals surface area contributed by atoms with Crippen LogP contribution in [-0.2, 0) is 6.18 Å². The second-order valence-electron chi connectivity index (χ2n) is 5.60. The first-order chi connectivity index (χ1) is 13.1. The summed E-state index contributed by atoms with van der Waals surface area (Å²) in [5.74, 6) is 0.403. The average Bonchev–Trinajstić information content (AvgIpc) is 3.03. The molecule has 28 heavy (non-hydrogen) atoms. The Bertz CT molecular complexity index is 1000. The third kappa shape index (κ3) is 4.96.